The van der Waals surface area contributed by atoms with E-state index >= 15 is 0 Å². The predicted molar refractivity (Wildman–Crippen MR) is 102 cm³/mol. The van der Waals surface area contributed by atoms with E-state index in [9.17, 15) is 4.79 Å². The van der Waals surface area contributed by atoms with Gasteiger partial charge in [0.15, 0.2) is 0 Å². The van der Waals surface area contributed by atoms with Gasteiger partial charge in [0.05, 0.1) is 17.0 Å². The predicted octanol–water partition coefficient (Wildman–Crippen LogP) is 5.21. The number of carbonyl (C=O) groups excluding carboxylic acids is 1. The molecule has 3 nitrogen and oxygen atoms in total. The van der Waals surface area contributed by atoms with Crippen molar-refractivity contribution >= 4 is 45.0 Å². The minimum Gasteiger partial charge on any atom is -0.325 e. The minimum atomic E-state index is -0.0469. The van der Waals surface area contributed by atoms with Crippen LogP contribution in [-0.4, -0.2) is 10.9 Å². The van der Waals surface area contributed by atoms with E-state index in [1.165, 1.54) is 0 Å². The van der Waals surface area contributed by atoms with Crippen LogP contribution in [0.15, 0.2) is 65.4 Å². The quantitative estimate of drug-likeness (QED) is 0.549. The molecule has 4 aromatic rings. The monoisotopic (exact) mass is 350 g/mol. The van der Waals surface area contributed by atoms with Crippen LogP contribution in [0.1, 0.15) is 5.69 Å². The Morgan fingerprint density at radius 3 is 2.75 bits per heavy atom. The molecule has 0 aliphatic rings. The van der Waals surface area contributed by atoms with Crippen LogP contribution in [0.25, 0.3) is 20.7 Å². The molecule has 1 N–H and O–H groups in total. The molecule has 0 saturated carbocycles. The van der Waals surface area contributed by atoms with Crippen molar-refractivity contribution in [1.29, 1.82) is 0 Å². The molecule has 2 aromatic carbocycles. The first-order valence-electron chi connectivity index (χ1n) is 7.55. The number of aromatic nitrogens is 1. The Balaban J connectivity index is 1.50. The summed E-state index contributed by atoms with van der Waals surface area (Å²) in [4.78, 5) is 18.1. The molecule has 118 valence electrons. The number of thiophene rings is 1. The Kier molecular flexibility index (Phi) is 4.11. The first kappa shape index (κ1) is 15.1. The van der Waals surface area contributed by atoms with Crippen LogP contribution >= 0.6 is 22.7 Å². The number of rotatable bonds is 4. The topological polar surface area (TPSA) is 42.0 Å². The first-order valence-corrected chi connectivity index (χ1v) is 9.31. The van der Waals surface area contributed by atoms with Crippen LogP contribution in [0.5, 0.6) is 0 Å². The number of anilines is 1. The number of amides is 1. The number of hydrogen-bond donors (Lipinski definition) is 1. The highest BCUT2D eigenvalue weighted by Gasteiger charge is 2.11. The molecule has 24 heavy (non-hydrogen) atoms. The standard InChI is InChI=1S/C19H14N2OS2/c22-18(11-14-12-24-19(20-14)17-9-4-10-23-17)21-16-8-3-6-13-5-1-2-7-15(13)16/h1-10,12H,11H2,(H,21,22). The number of hydrogen-bond acceptors (Lipinski definition) is 4. The highest BCUT2D eigenvalue weighted by atomic mass is 32.1. The van der Waals surface area contributed by atoms with Crippen molar-refractivity contribution < 1.29 is 4.79 Å². The van der Waals surface area contributed by atoms with E-state index in [0.29, 0.717) is 0 Å². The molecule has 0 fully saturated rings. The summed E-state index contributed by atoms with van der Waals surface area (Å²) in [6.07, 6.45) is 0.283. The average molecular weight is 350 g/mol. The fraction of sp³-hybridized carbons (Fsp3) is 0.0526. The molecule has 0 aliphatic carbocycles. The largest absolute Gasteiger partial charge is 0.325 e. The summed E-state index contributed by atoms with van der Waals surface area (Å²) in [6, 6.07) is 18.0. The van der Waals surface area contributed by atoms with Crippen molar-refractivity contribution in [2.45, 2.75) is 6.42 Å². The second-order valence-electron chi connectivity index (χ2n) is 5.37. The molecule has 5 heteroatoms. The van der Waals surface area contributed by atoms with E-state index in [1.54, 1.807) is 22.7 Å². The van der Waals surface area contributed by atoms with Gasteiger partial charge in [-0.15, -0.1) is 22.7 Å². The third-order valence-electron chi connectivity index (χ3n) is 3.69. The van der Waals surface area contributed by atoms with Crippen LogP contribution in [0, 0.1) is 0 Å². The van der Waals surface area contributed by atoms with Gasteiger partial charge in [0.25, 0.3) is 0 Å². The van der Waals surface area contributed by atoms with Crippen LogP contribution < -0.4 is 5.32 Å². The van der Waals surface area contributed by atoms with Gasteiger partial charge in [-0.25, -0.2) is 4.98 Å². The van der Waals surface area contributed by atoms with Gasteiger partial charge in [0.1, 0.15) is 5.01 Å². The highest BCUT2D eigenvalue weighted by Crippen LogP contribution is 2.28. The van der Waals surface area contributed by atoms with Gasteiger partial charge < -0.3 is 5.32 Å². The molecule has 0 unspecified atom stereocenters. The summed E-state index contributed by atoms with van der Waals surface area (Å²) >= 11 is 3.24. The van der Waals surface area contributed by atoms with Crippen LogP contribution in [0.4, 0.5) is 5.69 Å². The highest BCUT2D eigenvalue weighted by molar-refractivity contribution is 7.20. The maximum atomic E-state index is 12.4. The summed E-state index contributed by atoms with van der Waals surface area (Å²) in [5, 5.41) is 10.1. The van der Waals surface area contributed by atoms with E-state index < -0.39 is 0 Å². The van der Waals surface area contributed by atoms with E-state index in [1.807, 2.05) is 65.4 Å². The third-order valence-corrected chi connectivity index (χ3v) is 5.62. The van der Waals surface area contributed by atoms with E-state index in [-0.39, 0.29) is 12.3 Å². The molecule has 4 rings (SSSR count). The molecule has 0 bridgehead atoms. The summed E-state index contributed by atoms with van der Waals surface area (Å²) in [6.45, 7) is 0. The summed E-state index contributed by atoms with van der Waals surface area (Å²) in [5.74, 6) is -0.0469. The summed E-state index contributed by atoms with van der Waals surface area (Å²) in [5.41, 5.74) is 1.65. The summed E-state index contributed by atoms with van der Waals surface area (Å²) in [7, 11) is 0. The number of nitrogens with one attached hydrogen (secondary N) is 1. The third kappa shape index (κ3) is 3.09. The molecule has 0 aliphatic heterocycles. The zero-order valence-electron chi connectivity index (χ0n) is 12.7. The molecular weight excluding hydrogens is 336 g/mol. The van der Waals surface area contributed by atoms with Crippen molar-refractivity contribution in [1.82, 2.24) is 4.98 Å². The van der Waals surface area contributed by atoms with Crippen molar-refractivity contribution in [3.05, 3.63) is 71.1 Å². The first-order chi connectivity index (χ1) is 11.8. The van der Waals surface area contributed by atoms with Crippen LogP contribution in [0.3, 0.4) is 0 Å². The fourth-order valence-electron chi connectivity index (χ4n) is 2.59. The smallest absolute Gasteiger partial charge is 0.230 e. The Labute approximate surface area is 147 Å². The van der Waals surface area contributed by atoms with Crippen molar-refractivity contribution in [2.75, 3.05) is 5.32 Å². The second-order valence-corrected chi connectivity index (χ2v) is 7.18. The van der Waals surface area contributed by atoms with E-state index in [2.05, 4.69) is 10.3 Å². The van der Waals surface area contributed by atoms with Gasteiger partial charge >= 0.3 is 0 Å². The Bertz CT molecular complexity index is 984. The molecule has 0 spiro atoms. The normalized spacial score (nSPS) is 10.8. The number of fused-ring (bicyclic) bond motifs is 1. The lowest BCUT2D eigenvalue weighted by molar-refractivity contribution is -0.115. The maximum Gasteiger partial charge on any atom is 0.230 e. The zero-order chi connectivity index (χ0) is 16.4. The molecule has 0 saturated heterocycles. The second kappa shape index (κ2) is 6.55. The van der Waals surface area contributed by atoms with Gasteiger partial charge in [-0.05, 0) is 22.9 Å². The molecular formula is C19H14N2OS2. The van der Waals surface area contributed by atoms with Crippen molar-refractivity contribution in [2.24, 2.45) is 0 Å². The molecule has 1 amide bonds. The summed E-state index contributed by atoms with van der Waals surface area (Å²) < 4.78 is 0. The Morgan fingerprint density at radius 1 is 1.00 bits per heavy atom. The lowest BCUT2D eigenvalue weighted by Gasteiger charge is -2.08. The SMILES string of the molecule is O=C(Cc1csc(-c2cccs2)n1)Nc1cccc2ccccc12. The number of thiazole rings is 1. The Hall–Kier alpha value is -2.50. The number of carbonyl (C=O) groups is 1. The van der Waals surface area contributed by atoms with Gasteiger partial charge in [0.2, 0.25) is 5.91 Å². The van der Waals surface area contributed by atoms with Crippen molar-refractivity contribution in [3.63, 3.8) is 0 Å². The molecule has 2 heterocycles. The average Bonchev–Trinajstić information content (AvgIpc) is 3.26. The van der Waals surface area contributed by atoms with E-state index in [0.717, 1.165) is 32.0 Å². The van der Waals surface area contributed by atoms with Crippen molar-refractivity contribution in [3.8, 4) is 9.88 Å². The van der Waals surface area contributed by atoms with E-state index in [4.69, 9.17) is 0 Å². The molecule has 2 aromatic heterocycles. The Morgan fingerprint density at radius 2 is 1.88 bits per heavy atom. The van der Waals surface area contributed by atoms with Crippen LogP contribution in [0.2, 0.25) is 0 Å². The minimum absolute atomic E-state index is 0.0469. The van der Waals surface area contributed by atoms with Gasteiger partial charge in [-0.3, -0.25) is 4.79 Å². The lowest BCUT2D eigenvalue weighted by atomic mass is 10.1. The van der Waals surface area contributed by atoms with Gasteiger partial charge in [-0.1, -0.05) is 42.5 Å². The molecule has 0 atom stereocenters. The zero-order valence-corrected chi connectivity index (χ0v) is 14.4. The number of benzene rings is 2. The van der Waals surface area contributed by atoms with Gasteiger partial charge in [0, 0.05) is 16.5 Å². The molecule has 0 radical (unpaired) electrons. The fourth-order valence-corrected chi connectivity index (χ4v) is 4.23. The maximum absolute atomic E-state index is 12.4. The van der Waals surface area contributed by atoms with Gasteiger partial charge in [-0.2, -0.15) is 0 Å². The number of nitrogens with zero attached hydrogens (tertiary/aromatic N) is 1. The van der Waals surface area contributed by atoms with Crippen LogP contribution in [-0.2, 0) is 11.2 Å². The lowest BCUT2D eigenvalue weighted by Crippen LogP contribution is -2.14.